The second-order valence-corrected chi connectivity index (χ2v) is 7.00. The Morgan fingerprint density at radius 2 is 2.05 bits per heavy atom. The van der Waals surface area contributed by atoms with Gasteiger partial charge in [-0.2, -0.15) is 0 Å². The van der Waals surface area contributed by atoms with Crippen molar-refractivity contribution in [1.29, 1.82) is 0 Å². The lowest BCUT2D eigenvalue weighted by atomic mass is 10.1. The zero-order valence-corrected chi connectivity index (χ0v) is 11.9. The third-order valence-corrected chi connectivity index (χ3v) is 5.05. The molecular formula is C13H19NO4S. The summed E-state index contributed by atoms with van der Waals surface area (Å²) < 4.78 is 28.6. The van der Waals surface area contributed by atoms with E-state index in [4.69, 9.17) is 4.74 Å². The van der Waals surface area contributed by atoms with E-state index in [1.54, 1.807) is 6.07 Å². The number of hydrogen-bond acceptors (Lipinski definition) is 5. The smallest absolute Gasteiger partial charge is 0.156 e. The van der Waals surface area contributed by atoms with E-state index in [0.717, 1.165) is 5.56 Å². The standard InChI is InChI=1S/C13H19NO4S/c1-9(14-2)10-5-3-4-6-12(10)18-13-8-19(16,17)7-11(13)15/h3-6,9,11,13-15H,7-8H2,1-2H3. The van der Waals surface area contributed by atoms with Gasteiger partial charge in [0.05, 0.1) is 11.5 Å². The first-order valence-electron chi connectivity index (χ1n) is 6.24. The molecule has 106 valence electrons. The summed E-state index contributed by atoms with van der Waals surface area (Å²) in [7, 11) is -1.35. The van der Waals surface area contributed by atoms with Gasteiger partial charge >= 0.3 is 0 Å². The Morgan fingerprint density at radius 3 is 2.63 bits per heavy atom. The highest BCUT2D eigenvalue weighted by Crippen LogP contribution is 2.27. The van der Waals surface area contributed by atoms with Crippen LogP contribution in [-0.2, 0) is 9.84 Å². The summed E-state index contributed by atoms with van der Waals surface area (Å²) in [4.78, 5) is 0. The quantitative estimate of drug-likeness (QED) is 0.843. The van der Waals surface area contributed by atoms with Gasteiger partial charge in [0.15, 0.2) is 9.84 Å². The van der Waals surface area contributed by atoms with Crippen LogP contribution in [0.15, 0.2) is 24.3 Å². The van der Waals surface area contributed by atoms with Crippen molar-refractivity contribution in [2.24, 2.45) is 0 Å². The lowest BCUT2D eigenvalue weighted by Gasteiger charge is -2.21. The van der Waals surface area contributed by atoms with E-state index in [1.807, 2.05) is 32.2 Å². The molecule has 3 unspecified atom stereocenters. The highest BCUT2D eigenvalue weighted by Gasteiger charge is 2.38. The fourth-order valence-electron chi connectivity index (χ4n) is 2.17. The first-order valence-corrected chi connectivity index (χ1v) is 8.06. The van der Waals surface area contributed by atoms with E-state index >= 15 is 0 Å². The number of nitrogens with one attached hydrogen (secondary N) is 1. The Bertz CT molecular complexity index is 543. The number of hydrogen-bond donors (Lipinski definition) is 2. The van der Waals surface area contributed by atoms with Crippen LogP contribution in [0.3, 0.4) is 0 Å². The molecule has 1 aliphatic heterocycles. The summed E-state index contributed by atoms with van der Waals surface area (Å²) in [6.07, 6.45) is -1.64. The molecule has 1 aromatic carbocycles. The van der Waals surface area contributed by atoms with E-state index in [0.29, 0.717) is 5.75 Å². The predicted octanol–water partition coefficient (Wildman–Crippen LogP) is 0.504. The summed E-state index contributed by atoms with van der Waals surface area (Å²) in [6, 6.07) is 7.54. The number of rotatable bonds is 4. The van der Waals surface area contributed by atoms with Crippen molar-refractivity contribution in [3.8, 4) is 5.75 Å². The molecule has 1 fully saturated rings. The summed E-state index contributed by atoms with van der Waals surface area (Å²) in [6.45, 7) is 1.99. The molecule has 1 saturated heterocycles. The van der Waals surface area contributed by atoms with Gasteiger partial charge in [-0.3, -0.25) is 0 Å². The molecule has 19 heavy (non-hydrogen) atoms. The minimum atomic E-state index is -3.19. The molecule has 0 amide bonds. The van der Waals surface area contributed by atoms with E-state index in [9.17, 15) is 13.5 Å². The number of aliphatic hydroxyl groups is 1. The Labute approximate surface area is 113 Å². The topological polar surface area (TPSA) is 75.6 Å². The van der Waals surface area contributed by atoms with Crippen LogP contribution >= 0.6 is 0 Å². The average molecular weight is 285 g/mol. The van der Waals surface area contributed by atoms with Crippen LogP contribution in [0, 0.1) is 0 Å². The summed E-state index contributed by atoms with van der Waals surface area (Å²) >= 11 is 0. The summed E-state index contributed by atoms with van der Waals surface area (Å²) in [5.74, 6) is 0.267. The van der Waals surface area contributed by atoms with Crippen molar-refractivity contribution in [2.45, 2.75) is 25.2 Å². The molecule has 2 N–H and O–H groups in total. The van der Waals surface area contributed by atoms with Crippen LogP contribution in [0.4, 0.5) is 0 Å². The van der Waals surface area contributed by atoms with Gasteiger partial charge in [0.2, 0.25) is 0 Å². The van der Waals surface area contributed by atoms with Crippen molar-refractivity contribution < 1.29 is 18.3 Å². The molecule has 0 spiro atoms. The van der Waals surface area contributed by atoms with Crippen molar-refractivity contribution in [3.63, 3.8) is 0 Å². The van der Waals surface area contributed by atoms with Crippen LogP contribution < -0.4 is 10.1 Å². The van der Waals surface area contributed by atoms with Crippen LogP contribution in [0.2, 0.25) is 0 Å². The molecule has 1 heterocycles. The Kier molecular flexibility index (Phi) is 4.13. The lowest BCUT2D eigenvalue weighted by Crippen LogP contribution is -2.30. The minimum Gasteiger partial charge on any atom is -0.486 e. The molecule has 2 rings (SSSR count). The number of benzene rings is 1. The van der Waals surface area contributed by atoms with E-state index in [1.165, 1.54) is 0 Å². The molecule has 1 aromatic rings. The maximum Gasteiger partial charge on any atom is 0.156 e. The number of aliphatic hydroxyl groups excluding tert-OH is 1. The third kappa shape index (κ3) is 3.26. The first kappa shape index (κ1) is 14.3. The molecule has 1 aliphatic rings. The summed E-state index contributed by atoms with van der Waals surface area (Å²) in [5.41, 5.74) is 0.946. The van der Waals surface area contributed by atoms with Gasteiger partial charge in [-0.25, -0.2) is 8.42 Å². The van der Waals surface area contributed by atoms with Gasteiger partial charge in [-0.05, 0) is 20.0 Å². The number of ether oxygens (including phenoxy) is 1. The van der Waals surface area contributed by atoms with Gasteiger partial charge in [0, 0.05) is 11.6 Å². The van der Waals surface area contributed by atoms with Gasteiger partial charge < -0.3 is 15.2 Å². The molecule has 0 aromatic heterocycles. The first-order chi connectivity index (χ1) is 8.93. The Balaban J connectivity index is 2.20. The number of para-hydroxylation sites is 1. The molecule has 6 heteroatoms. The highest BCUT2D eigenvalue weighted by atomic mass is 32.2. The maximum atomic E-state index is 11.5. The Hall–Kier alpha value is -1.11. The van der Waals surface area contributed by atoms with Crippen LogP contribution in [0.5, 0.6) is 5.75 Å². The monoisotopic (exact) mass is 285 g/mol. The highest BCUT2D eigenvalue weighted by molar-refractivity contribution is 7.91. The van der Waals surface area contributed by atoms with E-state index < -0.39 is 22.0 Å². The van der Waals surface area contributed by atoms with Crippen LogP contribution in [0.25, 0.3) is 0 Å². The molecule has 0 radical (unpaired) electrons. The van der Waals surface area contributed by atoms with Crippen molar-refractivity contribution >= 4 is 9.84 Å². The molecule has 5 nitrogen and oxygen atoms in total. The largest absolute Gasteiger partial charge is 0.486 e. The maximum absolute atomic E-state index is 11.5. The van der Waals surface area contributed by atoms with E-state index in [2.05, 4.69) is 5.32 Å². The molecule has 0 aliphatic carbocycles. The fourth-order valence-corrected chi connectivity index (χ4v) is 3.84. The van der Waals surface area contributed by atoms with Gasteiger partial charge in [-0.1, -0.05) is 18.2 Å². The third-order valence-electron chi connectivity index (χ3n) is 3.37. The number of sulfone groups is 1. The van der Waals surface area contributed by atoms with Gasteiger partial charge in [0.25, 0.3) is 0 Å². The van der Waals surface area contributed by atoms with Gasteiger partial charge in [0.1, 0.15) is 18.0 Å². The van der Waals surface area contributed by atoms with E-state index in [-0.39, 0.29) is 17.5 Å². The van der Waals surface area contributed by atoms with Gasteiger partial charge in [-0.15, -0.1) is 0 Å². The molecule has 0 bridgehead atoms. The van der Waals surface area contributed by atoms with Crippen LogP contribution in [0.1, 0.15) is 18.5 Å². The molecule has 0 saturated carbocycles. The van der Waals surface area contributed by atoms with Crippen molar-refractivity contribution in [2.75, 3.05) is 18.6 Å². The summed E-state index contributed by atoms with van der Waals surface area (Å²) in [5, 5.41) is 12.9. The zero-order chi connectivity index (χ0) is 14.0. The Morgan fingerprint density at radius 1 is 1.37 bits per heavy atom. The lowest BCUT2D eigenvalue weighted by molar-refractivity contribution is 0.0728. The van der Waals surface area contributed by atoms with Crippen molar-refractivity contribution in [1.82, 2.24) is 5.32 Å². The average Bonchev–Trinajstić information content (AvgIpc) is 2.62. The molecule has 3 atom stereocenters. The minimum absolute atomic E-state index is 0.0892. The van der Waals surface area contributed by atoms with Crippen molar-refractivity contribution in [3.05, 3.63) is 29.8 Å². The second kappa shape index (κ2) is 5.48. The SMILES string of the molecule is CNC(C)c1ccccc1OC1CS(=O)(=O)CC1O. The predicted molar refractivity (Wildman–Crippen MR) is 73.0 cm³/mol. The fraction of sp³-hybridized carbons (Fsp3) is 0.538. The zero-order valence-electron chi connectivity index (χ0n) is 11.0. The normalized spacial score (nSPS) is 27.1. The molecular weight excluding hydrogens is 266 g/mol. The van der Waals surface area contributed by atoms with Crippen LogP contribution in [-0.4, -0.2) is 44.3 Å². The second-order valence-electron chi connectivity index (χ2n) is 4.85.